The Kier molecular flexibility index (Phi) is 4.90. The maximum absolute atomic E-state index is 13.2. The Morgan fingerprint density at radius 3 is 2.79 bits per heavy atom. The van der Waals surface area contributed by atoms with Crippen LogP contribution in [0.4, 0.5) is 10.1 Å². The summed E-state index contributed by atoms with van der Waals surface area (Å²) in [6.07, 6.45) is 0.893. The van der Waals surface area contributed by atoms with Gasteiger partial charge >= 0.3 is 0 Å². The molecule has 2 rings (SSSR count). The molecule has 0 saturated carbocycles. The van der Waals surface area contributed by atoms with Crippen LogP contribution in [-0.4, -0.2) is 11.5 Å². The van der Waals surface area contributed by atoms with Crippen molar-refractivity contribution in [1.82, 2.24) is 0 Å². The third-order valence-corrected chi connectivity index (χ3v) is 4.47. The number of nitrogens with two attached hydrogens (primary N) is 1. The lowest BCUT2D eigenvalue weighted by Crippen LogP contribution is -2.14. The quantitative estimate of drug-likeness (QED) is 0.795. The first-order valence-corrected chi connectivity index (χ1v) is 7.65. The molecule has 100 valence electrons. The number of nitrogens with one attached hydrogen (secondary N) is 1. The Balaban J connectivity index is 2.01. The lowest BCUT2D eigenvalue weighted by atomic mass is 10.1. The normalized spacial score (nSPS) is 10.4. The number of hydrogen-bond donors (Lipinski definition) is 2. The van der Waals surface area contributed by atoms with Crippen LogP contribution in [0.5, 0.6) is 0 Å². The van der Waals surface area contributed by atoms with E-state index in [1.54, 1.807) is 17.4 Å². The predicted octanol–water partition coefficient (Wildman–Crippen LogP) is 3.94. The van der Waals surface area contributed by atoms with Crippen LogP contribution in [-0.2, 0) is 6.42 Å². The predicted molar refractivity (Wildman–Crippen MR) is 86.5 cm³/mol. The van der Waals surface area contributed by atoms with Crippen LogP contribution in [0.15, 0.2) is 34.1 Å². The van der Waals surface area contributed by atoms with Crippen molar-refractivity contribution in [2.45, 2.75) is 6.42 Å². The van der Waals surface area contributed by atoms with E-state index in [4.69, 9.17) is 18.0 Å². The van der Waals surface area contributed by atoms with Crippen molar-refractivity contribution in [3.8, 4) is 0 Å². The topological polar surface area (TPSA) is 38.0 Å². The zero-order valence-corrected chi connectivity index (χ0v) is 13.2. The molecule has 0 saturated heterocycles. The van der Waals surface area contributed by atoms with Crippen LogP contribution in [0.25, 0.3) is 0 Å². The molecule has 1 heterocycles. The molecule has 0 fully saturated rings. The summed E-state index contributed by atoms with van der Waals surface area (Å²) in [5, 5.41) is 3.24. The zero-order chi connectivity index (χ0) is 13.8. The van der Waals surface area contributed by atoms with Gasteiger partial charge in [-0.15, -0.1) is 11.3 Å². The average molecular weight is 359 g/mol. The third kappa shape index (κ3) is 3.99. The van der Waals surface area contributed by atoms with Gasteiger partial charge in [0.1, 0.15) is 10.8 Å². The Morgan fingerprint density at radius 2 is 2.16 bits per heavy atom. The van der Waals surface area contributed by atoms with E-state index in [-0.39, 0.29) is 10.8 Å². The van der Waals surface area contributed by atoms with Gasteiger partial charge in [-0.05, 0) is 52.7 Å². The Hall–Kier alpha value is -0.980. The first kappa shape index (κ1) is 14.4. The summed E-state index contributed by atoms with van der Waals surface area (Å²) in [6, 6.07) is 8.51. The van der Waals surface area contributed by atoms with E-state index < -0.39 is 0 Å². The van der Waals surface area contributed by atoms with Crippen molar-refractivity contribution < 1.29 is 4.39 Å². The first-order valence-electron chi connectivity index (χ1n) is 5.63. The van der Waals surface area contributed by atoms with Crippen molar-refractivity contribution in [3.63, 3.8) is 0 Å². The highest BCUT2D eigenvalue weighted by Crippen LogP contribution is 2.23. The number of hydrogen-bond acceptors (Lipinski definition) is 3. The smallest absolute Gasteiger partial charge is 0.124 e. The van der Waals surface area contributed by atoms with Gasteiger partial charge in [0.05, 0.1) is 3.79 Å². The molecule has 19 heavy (non-hydrogen) atoms. The van der Waals surface area contributed by atoms with E-state index in [2.05, 4.69) is 27.3 Å². The molecule has 6 heteroatoms. The fourth-order valence-electron chi connectivity index (χ4n) is 1.68. The van der Waals surface area contributed by atoms with Crippen molar-refractivity contribution in [2.24, 2.45) is 5.73 Å². The fraction of sp³-hybridized carbons (Fsp3) is 0.154. The minimum atomic E-state index is -0.337. The van der Waals surface area contributed by atoms with Gasteiger partial charge in [-0.25, -0.2) is 4.39 Å². The number of rotatable bonds is 5. The Labute approximate surface area is 129 Å². The van der Waals surface area contributed by atoms with Crippen LogP contribution in [0.3, 0.4) is 0 Å². The molecule has 0 atom stereocenters. The van der Waals surface area contributed by atoms with Crippen LogP contribution >= 0.6 is 39.5 Å². The second-order valence-electron chi connectivity index (χ2n) is 3.94. The van der Waals surface area contributed by atoms with Crippen molar-refractivity contribution >= 4 is 50.2 Å². The van der Waals surface area contributed by atoms with Crippen molar-refractivity contribution in [1.29, 1.82) is 0 Å². The molecule has 0 spiro atoms. The van der Waals surface area contributed by atoms with Gasteiger partial charge in [0.15, 0.2) is 0 Å². The number of thiocarbonyl (C=S) groups is 1. The molecule has 0 aliphatic heterocycles. The molecule has 0 amide bonds. The van der Waals surface area contributed by atoms with Gasteiger partial charge < -0.3 is 11.1 Å². The molecule has 2 nitrogen and oxygen atoms in total. The van der Waals surface area contributed by atoms with Gasteiger partial charge in [0.25, 0.3) is 0 Å². The standard InChI is InChI=1S/C13H12BrFN2S2/c14-12-4-2-9(19-12)5-6-17-11-3-1-8(15)7-10(11)13(16)18/h1-4,7,17H,5-6H2,(H2,16,18). The summed E-state index contributed by atoms with van der Waals surface area (Å²) in [6.45, 7) is 0.744. The lowest BCUT2D eigenvalue weighted by Gasteiger charge is -2.10. The van der Waals surface area contributed by atoms with Crippen molar-refractivity contribution in [3.05, 3.63) is 50.4 Å². The monoisotopic (exact) mass is 358 g/mol. The van der Waals surface area contributed by atoms with E-state index in [1.165, 1.54) is 17.0 Å². The van der Waals surface area contributed by atoms with E-state index in [0.29, 0.717) is 5.56 Å². The minimum Gasteiger partial charge on any atom is -0.389 e. The summed E-state index contributed by atoms with van der Waals surface area (Å²) in [5.74, 6) is -0.337. The lowest BCUT2D eigenvalue weighted by molar-refractivity contribution is 0.627. The number of thiophene rings is 1. The number of halogens is 2. The zero-order valence-electron chi connectivity index (χ0n) is 9.95. The molecule has 0 aliphatic rings. The molecule has 1 aromatic carbocycles. The highest BCUT2D eigenvalue weighted by molar-refractivity contribution is 9.11. The van der Waals surface area contributed by atoms with Gasteiger partial charge in [0, 0.05) is 22.7 Å². The van der Waals surface area contributed by atoms with Crippen molar-refractivity contribution in [2.75, 3.05) is 11.9 Å². The van der Waals surface area contributed by atoms with Gasteiger partial charge in [-0.1, -0.05) is 12.2 Å². The van der Waals surface area contributed by atoms with E-state index in [1.807, 2.05) is 6.07 Å². The molecule has 3 N–H and O–H groups in total. The van der Waals surface area contributed by atoms with E-state index >= 15 is 0 Å². The maximum Gasteiger partial charge on any atom is 0.124 e. The summed E-state index contributed by atoms with van der Waals surface area (Å²) < 4.78 is 14.3. The highest BCUT2D eigenvalue weighted by atomic mass is 79.9. The summed E-state index contributed by atoms with van der Waals surface area (Å²) in [4.78, 5) is 1.47. The SMILES string of the molecule is NC(=S)c1cc(F)ccc1NCCc1ccc(Br)s1. The second kappa shape index (κ2) is 6.45. The molecule has 0 unspecified atom stereocenters. The molecule has 1 aromatic heterocycles. The molecular weight excluding hydrogens is 347 g/mol. The Bertz CT molecular complexity index is 598. The van der Waals surface area contributed by atoms with E-state index in [0.717, 1.165) is 22.4 Å². The molecule has 0 radical (unpaired) electrons. The van der Waals surface area contributed by atoms with Crippen LogP contribution in [0.2, 0.25) is 0 Å². The third-order valence-electron chi connectivity index (χ3n) is 2.56. The Morgan fingerprint density at radius 1 is 1.37 bits per heavy atom. The highest BCUT2D eigenvalue weighted by Gasteiger charge is 2.06. The second-order valence-corrected chi connectivity index (χ2v) is 6.92. The van der Waals surface area contributed by atoms with E-state index in [9.17, 15) is 4.39 Å². The summed E-state index contributed by atoms with van der Waals surface area (Å²) in [5.41, 5.74) is 6.90. The van der Waals surface area contributed by atoms with Gasteiger partial charge in [-0.3, -0.25) is 0 Å². The number of benzene rings is 1. The minimum absolute atomic E-state index is 0.195. The van der Waals surface area contributed by atoms with Crippen LogP contribution in [0.1, 0.15) is 10.4 Å². The molecular formula is C13H12BrFN2S2. The first-order chi connectivity index (χ1) is 9.06. The van der Waals surface area contributed by atoms with Gasteiger partial charge in [0.2, 0.25) is 0 Å². The van der Waals surface area contributed by atoms with Crippen LogP contribution < -0.4 is 11.1 Å². The molecule has 2 aromatic rings. The van der Waals surface area contributed by atoms with Gasteiger partial charge in [-0.2, -0.15) is 0 Å². The molecule has 0 bridgehead atoms. The van der Waals surface area contributed by atoms with Crippen LogP contribution in [0, 0.1) is 5.82 Å². The maximum atomic E-state index is 13.2. The average Bonchev–Trinajstić information content (AvgIpc) is 2.77. The molecule has 0 aliphatic carbocycles. The number of anilines is 1. The largest absolute Gasteiger partial charge is 0.389 e. The summed E-state index contributed by atoms with van der Waals surface area (Å²) >= 11 is 10.1. The fourth-order valence-corrected chi connectivity index (χ4v) is 3.33. The summed E-state index contributed by atoms with van der Waals surface area (Å²) in [7, 11) is 0.